The second kappa shape index (κ2) is 5.91. The van der Waals surface area contributed by atoms with Gasteiger partial charge in [-0.2, -0.15) is 0 Å². The highest BCUT2D eigenvalue weighted by Gasteiger charge is 2.60. The van der Waals surface area contributed by atoms with Crippen LogP contribution in [0.3, 0.4) is 0 Å². The lowest BCUT2D eigenvalue weighted by molar-refractivity contribution is -0.153. The summed E-state index contributed by atoms with van der Waals surface area (Å²) < 4.78 is 41.0. The number of rotatable bonds is 2. The third-order valence-electron chi connectivity index (χ3n) is 7.20. The van der Waals surface area contributed by atoms with Crippen LogP contribution < -0.4 is 0 Å². The Kier molecular flexibility index (Phi) is 3.69. The smallest absolute Gasteiger partial charge is 0.268 e. The highest BCUT2D eigenvalue weighted by molar-refractivity contribution is 7.90. The van der Waals surface area contributed by atoms with E-state index in [0.29, 0.717) is 11.1 Å². The highest BCUT2D eigenvalue weighted by Crippen LogP contribution is 2.63. The van der Waals surface area contributed by atoms with E-state index in [4.69, 9.17) is 9.47 Å². The van der Waals surface area contributed by atoms with Crippen molar-refractivity contribution in [3.8, 4) is 5.75 Å². The minimum Gasteiger partial charge on any atom is -0.507 e. The molecule has 3 aliphatic rings. The van der Waals surface area contributed by atoms with Gasteiger partial charge in [-0.1, -0.05) is 17.7 Å². The average molecular weight is 440 g/mol. The highest BCUT2D eigenvalue weighted by atomic mass is 32.2. The number of fused-ring (bicyclic) bond motifs is 10. The minimum absolute atomic E-state index is 0.000281. The third-order valence-corrected chi connectivity index (χ3v) is 8.89. The van der Waals surface area contributed by atoms with Crippen LogP contribution in [0.1, 0.15) is 54.4 Å². The van der Waals surface area contributed by atoms with Gasteiger partial charge in [0.05, 0.1) is 22.6 Å². The summed E-state index contributed by atoms with van der Waals surface area (Å²) in [5.41, 5.74) is 4.09. The van der Waals surface area contributed by atoms with Crippen molar-refractivity contribution in [1.82, 2.24) is 3.97 Å². The van der Waals surface area contributed by atoms with E-state index < -0.39 is 15.8 Å². The summed E-state index contributed by atoms with van der Waals surface area (Å²) in [6.45, 7) is 7.58. The van der Waals surface area contributed by atoms with Gasteiger partial charge >= 0.3 is 0 Å². The molecule has 1 N–H and O–H groups in total. The molecule has 6 rings (SSSR count). The van der Waals surface area contributed by atoms with E-state index in [0.717, 1.165) is 28.5 Å². The Morgan fingerprint density at radius 2 is 1.61 bits per heavy atom. The lowest BCUT2D eigenvalue weighted by Crippen LogP contribution is -2.29. The summed E-state index contributed by atoms with van der Waals surface area (Å²) in [5.74, 6) is -0.441. The Morgan fingerprint density at radius 3 is 2.26 bits per heavy atom. The first kappa shape index (κ1) is 19.3. The predicted octanol–water partition coefficient (Wildman–Crippen LogP) is 4.31. The van der Waals surface area contributed by atoms with Crippen LogP contribution in [-0.2, 0) is 19.5 Å². The zero-order chi connectivity index (χ0) is 21.9. The first-order valence-electron chi connectivity index (χ1n) is 10.6. The van der Waals surface area contributed by atoms with Gasteiger partial charge in [0.25, 0.3) is 10.0 Å². The zero-order valence-corrected chi connectivity index (χ0v) is 18.7. The van der Waals surface area contributed by atoms with Crippen molar-refractivity contribution in [3.05, 3.63) is 58.8 Å². The standard InChI is InChI=1S/C24H25NO5S/c1-12-5-7-14(8-6-12)31(27,28)25-10-9-15-13(2)21(26)19-17-11-16(18(19)20(15)25)22-23(17)30-24(3,4)29-22/h5-10,16-17,22-23,26H,11H2,1-4H3. The predicted molar refractivity (Wildman–Crippen MR) is 116 cm³/mol. The molecule has 2 aliphatic carbocycles. The van der Waals surface area contributed by atoms with Crippen LogP contribution in [0, 0.1) is 13.8 Å². The van der Waals surface area contributed by atoms with Gasteiger partial charge in [-0.3, -0.25) is 0 Å². The third kappa shape index (κ3) is 2.42. The van der Waals surface area contributed by atoms with Gasteiger partial charge in [0.15, 0.2) is 5.79 Å². The first-order chi connectivity index (χ1) is 14.6. The molecule has 0 amide bonds. The summed E-state index contributed by atoms with van der Waals surface area (Å²) in [6.07, 6.45) is 2.14. The van der Waals surface area contributed by atoms with Gasteiger partial charge in [0.2, 0.25) is 0 Å². The second-order valence-electron chi connectivity index (χ2n) is 9.51. The van der Waals surface area contributed by atoms with Crippen LogP contribution in [0.15, 0.2) is 41.4 Å². The molecule has 0 spiro atoms. The van der Waals surface area contributed by atoms with E-state index in [1.165, 1.54) is 3.97 Å². The molecular weight excluding hydrogens is 414 g/mol. The molecule has 2 heterocycles. The van der Waals surface area contributed by atoms with E-state index in [2.05, 4.69) is 0 Å². The van der Waals surface area contributed by atoms with Gasteiger partial charge in [0.1, 0.15) is 5.75 Å². The number of hydrogen-bond donors (Lipinski definition) is 1. The Morgan fingerprint density at radius 1 is 1.00 bits per heavy atom. The molecule has 3 aromatic rings. The van der Waals surface area contributed by atoms with Gasteiger partial charge < -0.3 is 14.6 Å². The van der Waals surface area contributed by atoms with Crippen LogP contribution in [0.5, 0.6) is 5.75 Å². The number of phenolic OH excluding ortho intramolecular Hbond substituents is 1. The van der Waals surface area contributed by atoms with Crippen molar-refractivity contribution in [1.29, 1.82) is 0 Å². The monoisotopic (exact) mass is 439 g/mol. The van der Waals surface area contributed by atoms with Gasteiger partial charge in [0, 0.05) is 34.5 Å². The quantitative estimate of drug-likeness (QED) is 0.644. The summed E-state index contributed by atoms with van der Waals surface area (Å²) in [6, 6.07) is 8.68. The van der Waals surface area contributed by atoms with Crippen LogP contribution in [-0.4, -0.2) is 35.5 Å². The topological polar surface area (TPSA) is 77.8 Å². The molecule has 2 fully saturated rings. The maximum Gasteiger partial charge on any atom is 0.268 e. The molecule has 1 saturated heterocycles. The van der Waals surface area contributed by atoms with Crippen molar-refractivity contribution in [2.45, 2.75) is 68.8 Å². The number of hydrogen-bond acceptors (Lipinski definition) is 5. The fraction of sp³-hybridized carbons (Fsp3) is 0.417. The van der Waals surface area contributed by atoms with E-state index in [1.807, 2.05) is 27.7 Å². The average Bonchev–Trinajstić information content (AvgIpc) is 3.43. The Bertz CT molecular complexity index is 1350. The van der Waals surface area contributed by atoms with Crippen molar-refractivity contribution < 1.29 is 23.0 Å². The largest absolute Gasteiger partial charge is 0.507 e. The van der Waals surface area contributed by atoms with Crippen molar-refractivity contribution in [2.75, 3.05) is 0 Å². The molecule has 1 saturated carbocycles. The van der Waals surface area contributed by atoms with Crippen LogP contribution in [0.4, 0.5) is 0 Å². The Hall–Kier alpha value is -2.35. The second-order valence-corrected chi connectivity index (χ2v) is 11.3. The Labute approximate surface area is 181 Å². The zero-order valence-electron chi connectivity index (χ0n) is 17.9. The summed E-state index contributed by atoms with van der Waals surface area (Å²) in [4.78, 5) is 0.248. The van der Waals surface area contributed by atoms with E-state index in [9.17, 15) is 13.5 Å². The van der Waals surface area contributed by atoms with Crippen molar-refractivity contribution in [3.63, 3.8) is 0 Å². The van der Waals surface area contributed by atoms with Crippen LogP contribution >= 0.6 is 0 Å². The van der Waals surface area contributed by atoms with Crippen LogP contribution in [0.2, 0.25) is 0 Å². The number of aromatic nitrogens is 1. The number of nitrogens with zero attached hydrogens (tertiary/aromatic N) is 1. The molecule has 4 unspecified atom stereocenters. The summed E-state index contributed by atoms with van der Waals surface area (Å²) in [7, 11) is -3.79. The number of phenols is 1. The molecule has 6 nitrogen and oxygen atoms in total. The molecule has 162 valence electrons. The SMILES string of the molecule is Cc1ccc(S(=O)(=O)n2ccc3c(C)c(O)c4c(c32)C2CC4C3OC(C)(C)OC23)cc1. The number of ether oxygens (including phenoxy) is 2. The lowest BCUT2D eigenvalue weighted by Gasteiger charge is -2.27. The van der Waals surface area contributed by atoms with Crippen molar-refractivity contribution in [2.24, 2.45) is 0 Å². The lowest BCUT2D eigenvalue weighted by atomic mass is 9.84. The maximum absolute atomic E-state index is 13.6. The summed E-state index contributed by atoms with van der Waals surface area (Å²) >= 11 is 0. The van der Waals surface area contributed by atoms with Gasteiger partial charge in [-0.25, -0.2) is 12.4 Å². The molecule has 1 aromatic heterocycles. The normalized spacial score (nSPS) is 28.3. The molecule has 4 atom stereocenters. The van der Waals surface area contributed by atoms with Gasteiger partial charge in [-0.15, -0.1) is 0 Å². The summed E-state index contributed by atoms with van der Waals surface area (Å²) in [5, 5.41) is 11.9. The fourth-order valence-corrected chi connectivity index (χ4v) is 7.25. The fourth-order valence-electron chi connectivity index (χ4n) is 5.89. The first-order valence-corrected chi connectivity index (χ1v) is 12.1. The Balaban J connectivity index is 1.61. The van der Waals surface area contributed by atoms with E-state index in [1.54, 1.807) is 36.5 Å². The molecule has 2 bridgehead atoms. The molecule has 7 heteroatoms. The minimum atomic E-state index is -3.79. The molecule has 1 aliphatic heterocycles. The van der Waals surface area contributed by atoms with Gasteiger partial charge in [-0.05, 0) is 57.9 Å². The van der Waals surface area contributed by atoms with Crippen molar-refractivity contribution >= 4 is 20.9 Å². The van der Waals surface area contributed by atoms with E-state index in [-0.39, 0.29) is 34.7 Å². The molecule has 31 heavy (non-hydrogen) atoms. The number of aryl methyl sites for hydroxylation is 2. The number of benzene rings is 2. The number of aromatic hydroxyl groups is 1. The van der Waals surface area contributed by atoms with E-state index >= 15 is 0 Å². The molecular formula is C24H25NO5S. The molecule has 2 aromatic carbocycles. The maximum atomic E-state index is 13.6. The molecule has 0 radical (unpaired) electrons. The van der Waals surface area contributed by atoms with Crippen LogP contribution in [0.25, 0.3) is 10.9 Å².